The SMILES string of the molecule is CC(N)(CN1CCC(N2CCCCC2)CC1)C(N)=O. The molecule has 1 unspecified atom stereocenters. The van der Waals surface area contributed by atoms with Crippen LogP contribution in [0.1, 0.15) is 39.0 Å². The molecule has 2 saturated heterocycles. The topological polar surface area (TPSA) is 75.6 Å². The lowest BCUT2D eigenvalue weighted by Gasteiger charge is -2.41. The van der Waals surface area contributed by atoms with Crippen molar-refractivity contribution in [3.63, 3.8) is 0 Å². The van der Waals surface area contributed by atoms with Crippen molar-refractivity contribution in [2.45, 2.75) is 50.6 Å². The molecule has 19 heavy (non-hydrogen) atoms. The Labute approximate surface area is 116 Å². The average Bonchev–Trinajstić information content (AvgIpc) is 2.40. The predicted molar refractivity (Wildman–Crippen MR) is 76.7 cm³/mol. The molecule has 5 heteroatoms. The van der Waals surface area contributed by atoms with Crippen molar-refractivity contribution in [2.75, 3.05) is 32.7 Å². The Balaban J connectivity index is 1.77. The van der Waals surface area contributed by atoms with Gasteiger partial charge in [-0.2, -0.15) is 0 Å². The smallest absolute Gasteiger partial charge is 0.238 e. The Hall–Kier alpha value is -0.650. The predicted octanol–water partition coefficient (Wildman–Crippen LogP) is 0.139. The van der Waals surface area contributed by atoms with Crippen LogP contribution < -0.4 is 11.5 Å². The highest BCUT2D eigenvalue weighted by Crippen LogP contribution is 2.21. The molecule has 2 fully saturated rings. The maximum atomic E-state index is 11.3. The molecule has 0 aliphatic carbocycles. The maximum Gasteiger partial charge on any atom is 0.238 e. The molecule has 0 saturated carbocycles. The number of hydrogen-bond donors (Lipinski definition) is 2. The van der Waals surface area contributed by atoms with E-state index in [0.717, 1.165) is 19.1 Å². The number of hydrogen-bond acceptors (Lipinski definition) is 4. The Kier molecular flexibility index (Phi) is 4.81. The molecule has 2 aliphatic heterocycles. The molecule has 2 aliphatic rings. The van der Waals surface area contributed by atoms with Crippen LogP contribution in [0.3, 0.4) is 0 Å². The summed E-state index contributed by atoms with van der Waals surface area (Å²) >= 11 is 0. The van der Waals surface area contributed by atoms with Gasteiger partial charge in [0.1, 0.15) is 5.54 Å². The van der Waals surface area contributed by atoms with Gasteiger partial charge in [-0.1, -0.05) is 6.42 Å². The first-order chi connectivity index (χ1) is 8.99. The molecule has 110 valence electrons. The van der Waals surface area contributed by atoms with Gasteiger partial charge in [0.2, 0.25) is 5.91 Å². The van der Waals surface area contributed by atoms with E-state index in [-0.39, 0.29) is 0 Å². The van der Waals surface area contributed by atoms with Crippen molar-refractivity contribution in [1.29, 1.82) is 0 Å². The molecule has 0 spiro atoms. The summed E-state index contributed by atoms with van der Waals surface area (Å²) < 4.78 is 0. The number of primary amides is 1. The number of nitrogens with zero attached hydrogens (tertiary/aromatic N) is 2. The monoisotopic (exact) mass is 268 g/mol. The molecule has 0 bridgehead atoms. The number of carbonyl (C=O) groups excluding carboxylic acids is 1. The minimum Gasteiger partial charge on any atom is -0.368 e. The van der Waals surface area contributed by atoms with Gasteiger partial charge in [-0.15, -0.1) is 0 Å². The number of piperidine rings is 2. The molecular weight excluding hydrogens is 240 g/mol. The number of likely N-dealkylation sites (tertiary alicyclic amines) is 2. The van der Waals surface area contributed by atoms with Gasteiger partial charge in [0.15, 0.2) is 0 Å². The zero-order valence-electron chi connectivity index (χ0n) is 12.1. The summed E-state index contributed by atoms with van der Waals surface area (Å²) in [4.78, 5) is 16.2. The lowest BCUT2D eigenvalue weighted by molar-refractivity contribution is -0.123. The van der Waals surface area contributed by atoms with Crippen LogP contribution in [0.25, 0.3) is 0 Å². The molecule has 0 aromatic carbocycles. The van der Waals surface area contributed by atoms with E-state index in [0.29, 0.717) is 6.54 Å². The van der Waals surface area contributed by atoms with Gasteiger partial charge in [0.25, 0.3) is 0 Å². The average molecular weight is 268 g/mol. The van der Waals surface area contributed by atoms with E-state index in [1.165, 1.54) is 45.2 Å². The van der Waals surface area contributed by atoms with E-state index in [1.54, 1.807) is 6.92 Å². The summed E-state index contributed by atoms with van der Waals surface area (Å²) in [6.07, 6.45) is 6.47. The summed E-state index contributed by atoms with van der Waals surface area (Å²) in [5.41, 5.74) is 10.4. The summed E-state index contributed by atoms with van der Waals surface area (Å²) in [5.74, 6) is -0.411. The van der Waals surface area contributed by atoms with Crippen LogP contribution in [0.2, 0.25) is 0 Å². The van der Waals surface area contributed by atoms with E-state index < -0.39 is 11.4 Å². The molecule has 1 amide bonds. The third-order valence-corrected chi connectivity index (χ3v) is 4.58. The fourth-order valence-corrected chi connectivity index (χ4v) is 3.27. The van der Waals surface area contributed by atoms with Crippen molar-refractivity contribution in [3.8, 4) is 0 Å². The molecular formula is C14H28N4O. The highest BCUT2D eigenvalue weighted by Gasteiger charge is 2.31. The molecule has 5 nitrogen and oxygen atoms in total. The zero-order chi connectivity index (χ0) is 13.9. The van der Waals surface area contributed by atoms with Crippen LogP contribution in [0, 0.1) is 0 Å². The van der Waals surface area contributed by atoms with Crippen LogP contribution in [-0.4, -0.2) is 60.0 Å². The molecule has 0 radical (unpaired) electrons. The molecule has 2 heterocycles. The second kappa shape index (κ2) is 6.20. The largest absolute Gasteiger partial charge is 0.368 e. The Morgan fingerprint density at radius 1 is 1.16 bits per heavy atom. The van der Waals surface area contributed by atoms with Crippen molar-refractivity contribution in [3.05, 3.63) is 0 Å². The van der Waals surface area contributed by atoms with Gasteiger partial charge in [-0.25, -0.2) is 0 Å². The van der Waals surface area contributed by atoms with Gasteiger partial charge in [0, 0.05) is 12.6 Å². The first-order valence-electron chi connectivity index (χ1n) is 7.54. The van der Waals surface area contributed by atoms with Gasteiger partial charge >= 0.3 is 0 Å². The van der Waals surface area contributed by atoms with Crippen molar-refractivity contribution in [2.24, 2.45) is 11.5 Å². The molecule has 0 aromatic heterocycles. The van der Waals surface area contributed by atoms with Crippen molar-refractivity contribution < 1.29 is 4.79 Å². The fourth-order valence-electron chi connectivity index (χ4n) is 3.27. The van der Waals surface area contributed by atoms with Gasteiger partial charge in [-0.3, -0.25) is 4.79 Å². The fraction of sp³-hybridized carbons (Fsp3) is 0.929. The van der Waals surface area contributed by atoms with E-state index in [9.17, 15) is 4.79 Å². The van der Waals surface area contributed by atoms with Crippen LogP contribution in [0.4, 0.5) is 0 Å². The third kappa shape index (κ3) is 3.91. The summed E-state index contributed by atoms with van der Waals surface area (Å²) in [6.45, 7) is 6.89. The molecule has 0 aromatic rings. The Morgan fingerprint density at radius 3 is 2.26 bits per heavy atom. The van der Waals surface area contributed by atoms with E-state index in [2.05, 4.69) is 9.80 Å². The van der Waals surface area contributed by atoms with E-state index in [1.807, 2.05) is 0 Å². The van der Waals surface area contributed by atoms with Crippen LogP contribution in [0.5, 0.6) is 0 Å². The maximum absolute atomic E-state index is 11.3. The van der Waals surface area contributed by atoms with E-state index >= 15 is 0 Å². The molecule has 1 atom stereocenters. The summed E-state index contributed by atoms with van der Waals surface area (Å²) in [6, 6.07) is 0.731. The van der Waals surface area contributed by atoms with Crippen molar-refractivity contribution in [1.82, 2.24) is 9.80 Å². The number of carbonyl (C=O) groups is 1. The van der Waals surface area contributed by atoms with E-state index in [4.69, 9.17) is 11.5 Å². The molecule has 2 rings (SSSR count). The lowest BCUT2D eigenvalue weighted by atomic mass is 9.97. The second-order valence-corrected chi connectivity index (χ2v) is 6.39. The van der Waals surface area contributed by atoms with Gasteiger partial charge in [0.05, 0.1) is 0 Å². The lowest BCUT2D eigenvalue weighted by Crippen LogP contribution is -2.58. The number of amides is 1. The first kappa shape index (κ1) is 14.8. The molecule has 4 N–H and O–H groups in total. The first-order valence-corrected chi connectivity index (χ1v) is 7.54. The third-order valence-electron chi connectivity index (χ3n) is 4.58. The normalized spacial score (nSPS) is 27.1. The van der Waals surface area contributed by atoms with Crippen LogP contribution in [-0.2, 0) is 4.79 Å². The minimum absolute atomic E-state index is 0.411. The van der Waals surface area contributed by atoms with Gasteiger partial charge in [-0.05, 0) is 58.8 Å². The van der Waals surface area contributed by atoms with Crippen LogP contribution >= 0.6 is 0 Å². The standard InChI is InChI=1S/C14H28N4O/c1-14(16,13(15)19)11-17-9-5-12(6-10-17)18-7-3-2-4-8-18/h12H,2-11,16H2,1H3,(H2,15,19). The summed E-state index contributed by atoms with van der Waals surface area (Å²) in [5, 5.41) is 0. The highest BCUT2D eigenvalue weighted by molar-refractivity contribution is 5.84. The quantitative estimate of drug-likeness (QED) is 0.760. The number of rotatable bonds is 4. The minimum atomic E-state index is -0.905. The highest BCUT2D eigenvalue weighted by atomic mass is 16.1. The Bertz CT molecular complexity index is 305. The Morgan fingerprint density at radius 2 is 1.74 bits per heavy atom. The number of nitrogens with two attached hydrogens (primary N) is 2. The van der Waals surface area contributed by atoms with Crippen molar-refractivity contribution >= 4 is 5.91 Å². The second-order valence-electron chi connectivity index (χ2n) is 6.39. The van der Waals surface area contributed by atoms with Gasteiger partial charge < -0.3 is 21.3 Å². The zero-order valence-corrected chi connectivity index (χ0v) is 12.1. The van der Waals surface area contributed by atoms with Crippen LogP contribution in [0.15, 0.2) is 0 Å². The summed E-state index contributed by atoms with van der Waals surface area (Å²) in [7, 11) is 0.